The van der Waals surface area contributed by atoms with Crippen LogP contribution in [0.1, 0.15) is 74.8 Å². The number of hydrogen-bond acceptors (Lipinski definition) is 4. The van der Waals surface area contributed by atoms with Crippen molar-refractivity contribution in [1.29, 1.82) is 0 Å². The van der Waals surface area contributed by atoms with E-state index in [1.165, 1.54) is 0 Å². The van der Waals surface area contributed by atoms with E-state index >= 15 is 0 Å². The molecule has 216 valence electrons. The van der Waals surface area contributed by atoms with E-state index in [0.29, 0.717) is 24.9 Å². The van der Waals surface area contributed by atoms with Crippen molar-refractivity contribution in [3.8, 4) is 0 Å². The second kappa shape index (κ2) is 10.8. The van der Waals surface area contributed by atoms with Gasteiger partial charge in [0.15, 0.2) is 0 Å². The Morgan fingerprint density at radius 3 is 2.61 bits per heavy atom. The van der Waals surface area contributed by atoms with E-state index < -0.39 is 23.7 Å². The molecule has 3 aromatic rings. The number of H-pyrrole nitrogens is 1. The molecular formula is C30H31ClF3N5O2. The number of nitrogens with one attached hydrogen (secondary N) is 2. The molecule has 0 saturated carbocycles. The van der Waals surface area contributed by atoms with Crippen LogP contribution in [0.15, 0.2) is 48.9 Å². The Balaban J connectivity index is 1.11. The highest BCUT2D eigenvalue weighted by Gasteiger charge is 2.42. The number of fused-ring (bicyclic) bond motifs is 1. The summed E-state index contributed by atoms with van der Waals surface area (Å²) < 4.78 is 39.6. The van der Waals surface area contributed by atoms with Gasteiger partial charge in [0.05, 0.1) is 28.5 Å². The molecule has 2 N–H and O–H groups in total. The van der Waals surface area contributed by atoms with Crippen molar-refractivity contribution in [2.75, 3.05) is 26.2 Å². The molecular weight excluding hydrogens is 555 g/mol. The number of aryl methyl sites for hydroxylation is 1. The first-order chi connectivity index (χ1) is 19.6. The Bertz CT molecular complexity index is 1450. The van der Waals surface area contributed by atoms with Gasteiger partial charge in [-0.05, 0) is 92.1 Å². The van der Waals surface area contributed by atoms with Crippen LogP contribution in [-0.4, -0.2) is 57.8 Å². The zero-order chi connectivity index (χ0) is 28.8. The normalized spacial score (nSPS) is 20.4. The van der Waals surface area contributed by atoms with Crippen LogP contribution in [0.2, 0.25) is 5.02 Å². The smallest absolute Gasteiger partial charge is 0.347 e. The van der Waals surface area contributed by atoms with Crippen molar-refractivity contribution < 1.29 is 22.8 Å². The lowest BCUT2D eigenvalue weighted by Gasteiger charge is -2.39. The van der Waals surface area contributed by atoms with Crippen LogP contribution in [0, 0.1) is 5.41 Å². The summed E-state index contributed by atoms with van der Waals surface area (Å²) in [6.45, 7) is 4.26. The monoisotopic (exact) mass is 585 g/mol. The summed E-state index contributed by atoms with van der Waals surface area (Å²) in [6, 6.07) is 7.90. The molecule has 1 spiro atoms. The molecule has 0 bridgehead atoms. The van der Waals surface area contributed by atoms with E-state index in [-0.39, 0.29) is 21.9 Å². The quantitative estimate of drug-likeness (QED) is 0.407. The summed E-state index contributed by atoms with van der Waals surface area (Å²) in [7, 11) is 0. The van der Waals surface area contributed by atoms with Gasteiger partial charge >= 0.3 is 6.18 Å². The number of carbonyl (C=O) groups is 2. The van der Waals surface area contributed by atoms with E-state index in [4.69, 9.17) is 11.6 Å². The van der Waals surface area contributed by atoms with Gasteiger partial charge in [0.2, 0.25) is 0 Å². The van der Waals surface area contributed by atoms with Gasteiger partial charge in [-0.3, -0.25) is 14.5 Å². The molecule has 1 atom stereocenters. The van der Waals surface area contributed by atoms with Gasteiger partial charge in [-0.25, -0.2) is 4.98 Å². The largest absolute Gasteiger partial charge is 0.416 e. The summed E-state index contributed by atoms with van der Waals surface area (Å²) in [5, 5.41) is 2.80. The standard InChI is InChI=1S/C30H31ClF3N5O2/c31-25-5-4-21(30(32,33)34)14-24(25)27(40)37-26-6-3-19-1-2-20(13-23(19)26)28(41)39-12-9-29(17-39)7-10-38(11-8-29)16-22-15-35-18-36-22/h1-2,4-5,13-15,18,26H,3,6-12,16-17H2,(H,35,36)(H,37,40). The third-order valence-corrected chi connectivity index (χ3v) is 9.23. The predicted molar refractivity (Wildman–Crippen MR) is 147 cm³/mol. The first kappa shape index (κ1) is 27.8. The highest BCUT2D eigenvalue weighted by molar-refractivity contribution is 6.33. The first-order valence-electron chi connectivity index (χ1n) is 13.9. The van der Waals surface area contributed by atoms with Crippen molar-refractivity contribution in [2.24, 2.45) is 5.41 Å². The molecule has 2 fully saturated rings. The minimum atomic E-state index is -4.58. The minimum Gasteiger partial charge on any atom is -0.347 e. The van der Waals surface area contributed by atoms with Crippen LogP contribution in [0.25, 0.3) is 0 Å². The fraction of sp³-hybridized carbons (Fsp3) is 0.433. The number of hydrogen-bond donors (Lipinski definition) is 2. The Morgan fingerprint density at radius 1 is 1.10 bits per heavy atom. The molecule has 6 rings (SSSR count). The van der Waals surface area contributed by atoms with Crippen LogP contribution < -0.4 is 5.32 Å². The van der Waals surface area contributed by atoms with Crippen molar-refractivity contribution in [3.63, 3.8) is 0 Å². The molecule has 41 heavy (non-hydrogen) atoms. The molecule has 3 heterocycles. The molecule has 2 aliphatic heterocycles. The minimum absolute atomic E-state index is 0.0255. The van der Waals surface area contributed by atoms with Crippen LogP contribution >= 0.6 is 11.6 Å². The zero-order valence-electron chi connectivity index (χ0n) is 22.4. The number of piperidine rings is 1. The molecule has 2 aromatic carbocycles. The maximum Gasteiger partial charge on any atom is 0.416 e. The molecule has 1 aromatic heterocycles. The Kier molecular flexibility index (Phi) is 7.32. The van der Waals surface area contributed by atoms with Crippen molar-refractivity contribution in [1.82, 2.24) is 25.1 Å². The third kappa shape index (κ3) is 5.72. The number of halogens is 4. The number of carbonyl (C=O) groups excluding carboxylic acids is 2. The summed E-state index contributed by atoms with van der Waals surface area (Å²) in [6.07, 6.45) is 3.33. The molecule has 0 radical (unpaired) electrons. The SMILES string of the molecule is O=C(NC1CCc2ccc(C(=O)N3CCC4(CCN(Cc5cnc[nH]5)CC4)C3)cc21)c1cc(C(F)(F)F)ccc1Cl. The number of aromatic amines is 1. The van der Waals surface area contributed by atoms with Crippen LogP contribution in [0.5, 0.6) is 0 Å². The molecule has 7 nitrogen and oxygen atoms in total. The Morgan fingerprint density at radius 2 is 1.88 bits per heavy atom. The lowest BCUT2D eigenvalue weighted by atomic mass is 9.78. The van der Waals surface area contributed by atoms with E-state index in [1.54, 1.807) is 6.33 Å². The van der Waals surface area contributed by atoms with Crippen LogP contribution in [-0.2, 0) is 19.1 Å². The summed E-state index contributed by atoms with van der Waals surface area (Å²) >= 11 is 6.08. The third-order valence-electron chi connectivity index (χ3n) is 8.91. The predicted octanol–water partition coefficient (Wildman–Crippen LogP) is 5.63. The number of rotatable bonds is 5. The zero-order valence-corrected chi connectivity index (χ0v) is 23.2. The molecule has 1 unspecified atom stereocenters. The number of nitrogens with zero attached hydrogens (tertiary/aromatic N) is 3. The van der Waals surface area contributed by atoms with Gasteiger partial charge in [0, 0.05) is 37.1 Å². The van der Waals surface area contributed by atoms with E-state index in [9.17, 15) is 22.8 Å². The number of likely N-dealkylation sites (tertiary alicyclic amines) is 2. The molecule has 1 aliphatic carbocycles. The van der Waals surface area contributed by atoms with Crippen molar-refractivity contribution in [3.05, 3.63) is 87.5 Å². The van der Waals surface area contributed by atoms with Crippen molar-refractivity contribution >= 4 is 23.4 Å². The van der Waals surface area contributed by atoms with Gasteiger partial charge in [-0.2, -0.15) is 13.2 Å². The van der Waals surface area contributed by atoms with Gasteiger partial charge in [-0.1, -0.05) is 17.7 Å². The van der Waals surface area contributed by atoms with E-state index in [0.717, 1.165) is 80.5 Å². The second-order valence-corrected chi connectivity index (χ2v) is 11.9. The summed E-state index contributed by atoms with van der Waals surface area (Å²) in [5.74, 6) is -0.696. The average Bonchev–Trinajstić information content (AvgIpc) is 3.70. The number of aromatic nitrogens is 2. The number of alkyl halides is 3. The second-order valence-electron chi connectivity index (χ2n) is 11.5. The Labute approximate surface area is 241 Å². The Hall–Kier alpha value is -3.37. The molecule has 2 saturated heterocycles. The molecule has 3 aliphatic rings. The maximum absolute atomic E-state index is 13.6. The van der Waals surface area contributed by atoms with Gasteiger partial charge in [0.1, 0.15) is 0 Å². The fourth-order valence-electron chi connectivity index (χ4n) is 6.49. The lowest BCUT2D eigenvalue weighted by Crippen LogP contribution is -2.42. The van der Waals surface area contributed by atoms with Gasteiger partial charge in [-0.15, -0.1) is 0 Å². The van der Waals surface area contributed by atoms with E-state index in [2.05, 4.69) is 20.2 Å². The fourth-order valence-corrected chi connectivity index (χ4v) is 6.70. The topological polar surface area (TPSA) is 81.3 Å². The summed E-state index contributed by atoms with van der Waals surface area (Å²) in [4.78, 5) is 38.2. The van der Waals surface area contributed by atoms with Crippen LogP contribution in [0.4, 0.5) is 13.2 Å². The highest BCUT2D eigenvalue weighted by atomic mass is 35.5. The summed E-state index contributed by atoms with van der Waals surface area (Å²) in [5.41, 5.74) is 2.50. The van der Waals surface area contributed by atoms with Gasteiger partial charge in [0.25, 0.3) is 11.8 Å². The number of amides is 2. The number of imidazole rings is 1. The average molecular weight is 586 g/mol. The lowest BCUT2D eigenvalue weighted by molar-refractivity contribution is -0.137. The first-order valence-corrected chi connectivity index (χ1v) is 14.3. The van der Waals surface area contributed by atoms with Crippen molar-refractivity contribution in [2.45, 2.75) is 50.9 Å². The highest BCUT2D eigenvalue weighted by Crippen LogP contribution is 2.41. The van der Waals surface area contributed by atoms with E-state index in [1.807, 2.05) is 29.3 Å². The molecule has 11 heteroatoms. The molecule has 2 amide bonds. The van der Waals surface area contributed by atoms with Gasteiger partial charge < -0.3 is 15.2 Å². The number of benzene rings is 2. The maximum atomic E-state index is 13.6. The van der Waals surface area contributed by atoms with Crippen LogP contribution in [0.3, 0.4) is 0 Å².